The first kappa shape index (κ1) is 14.3. The van der Waals surface area contributed by atoms with Crippen molar-refractivity contribution in [3.8, 4) is 0 Å². The van der Waals surface area contributed by atoms with Crippen LogP contribution in [0.4, 0.5) is 5.69 Å². The first-order chi connectivity index (χ1) is 10.7. The molecule has 2 heterocycles. The van der Waals surface area contributed by atoms with E-state index in [0.29, 0.717) is 6.04 Å². The van der Waals surface area contributed by atoms with Crippen LogP contribution < -0.4 is 5.32 Å². The van der Waals surface area contributed by atoms with Crippen molar-refractivity contribution in [1.29, 1.82) is 0 Å². The molecule has 1 spiro atoms. The molecule has 3 nitrogen and oxygen atoms in total. The number of ether oxygens (including phenoxy) is 1. The number of nitrogens with one attached hydrogen (secondary N) is 1. The summed E-state index contributed by atoms with van der Waals surface area (Å²) in [7, 11) is 0. The standard InChI is InChI=1S/C18H21ClN2O/c19-13-3-4-15-16(5-9-20-17(15)11-13)21-14-6-10-22-18(12-14)7-1-2-8-18/h3-5,9,11,14H,1-2,6-8,10,12H2,(H,20,21). The minimum Gasteiger partial charge on any atom is -0.382 e. The average molecular weight is 317 g/mol. The molecule has 1 atom stereocenters. The zero-order valence-electron chi connectivity index (χ0n) is 12.6. The van der Waals surface area contributed by atoms with E-state index in [-0.39, 0.29) is 5.60 Å². The van der Waals surface area contributed by atoms with Crippen molar-refractivity contribution in [2.24, 2.45) is 0 Å². The first-order valence-corrected chi connectivity index (χ1v) is 8.57. The topological polar surface area (TPSA) is 34.1 Å². The molecule has 1 aromatic heterocycles. The van der Waals surface area contributed by atoms with Crippen molar-refractivity contribution in [2.45, 2.75) is 50.2 Å². The van der Waals surface area contributed by atoms with Crippen LogP contribution in [-0.2, 0) is 4.74 Å². The fourth-order valence-electron chi connectivity index (χ4n) is 3.99. The summed E-state index contributed by atoms with van der Waals surface area (Å²) in [5.74, 6) is 0. The van der Waals surface area contributed by atoms with Crippen molar-refractivity contribution in [2.75, 3.05) is 11.9 Å². The summed E-state index contributed by atoms with van der Waals surface area (Å²) in [5.41, 5.74) is 2.24. The van der Waals surface area contributed by atoms with Gasteiger partial charge in [-0.05, 0) is 49.9 Å². The molecule has 4 rings (SSSR count). The fraction of sp³-hybridized carbons (Fsp3) is 0.500. The molecule has 4 heteroatoms. The monoisotopic (exact) mass is 316 g/mol. The predicted octanol–water partition coefficient (Wildman–Crippen LogP) is 4.79. The molecule has 2 aromatic rings. The van der Waals surface area contributed by atoms with Gasteiger partial charge in [0.05, 0.1) is 11.1 Å². The van der Waals surface area contributed by atoms with E-state index in [1.165, 1.54) is 25.7 Å². The van der Waals surface area contributed by atoms with Gasteiger partial charge in [0, 0.05) is 34.9 Å². The molecule has 0 bridgehead atoms. The van der Waals surface area contributed by atoms with Crippen LogP contribution in [0.2, 0.25) is 5.02 Å². The molecule has 1 aliphatic carbocycles. The number of halogens is 1. The van der Waals surface area contributed by atoms with Gasteiger partial charge >= 0.3 is 0 Å². The van der Waals surface area contributed by atoms with E-state index in [0.717, 1.165) is 41.1 Å². The maximum absolute atomic E-state index is 6.13. The lowest BCUT2D eigenvalue weighted by Gasteiger charge is -2.39. The largest absolute Gasteiger partial charge is 0.382 e. The molecule has 0 radical (unpaired) electrons. The van der Waals surface area contributed by atoms with E-state index in [2.05, 4.69) is 22.4 Å². The summed E-state index contributed by atoms with van der Waals surface area (Å²) in [4.78, 5) is 4.42. The lowest BCUT2D eigenvalue weighted by molar-refractivity contribution is -0.0766. The number of anilines is 1. The number of rotatable bonds is 2. The number of aromatic nitrogens is 1. The highest BCUT2D eigenvalue weighted by molar-refractivity contribution is 6.31. The molecular weight excluding hydrogens is 296 g/mol. The van der Waals surface area contributed by atoms with Gasteiger partial charge in [-0.1, -0.05) is 24.4 Å². The third-order valence-electron chi connectivity index (χ3n) is 5.07. The lowest BCUT2D eigenvalue weighted by Crippen LogP contribution is -2.42. The SMILES string of the molecule is Clc1ccc2c(NC3CCOC4(CCCC4)C3)ccnc2c1. The molecule has 2 aliphatic rings. The molecule has 1 aromatic carbocycles. The quantitative estimate of drug-likeness (QED) is 0.864. The highest BCUT2D eigenvalue weighted by Gasteiger charge is 2.39. The van der Waals surface area contributed by atoms with E-state index < -0.39 is 0 Å². The molecular formula is C18H21ClN2O. The van der Waals surface area contributed by atoms with E-state index in [1.807, 2.05) is 18.3 Å². The highest BCUT2D eigenvalue weighted by atomic mass is 35.5. The zero-order chi connectivity index (χ0) is 15.0. The number of fused-ring (bicyclic) bond motifs is 1. The van der Waals surface area contributed by atoms with Crippen molar-refractivity contribution >= 4 is 28.2 Å². The Kier molecular flexibility index (Phi) is 3.71. The minimum atomic E-state index is 0.141. The third kappa shape index (κ3) is 2.68. The van der Waals surface area contributed by atoms with Gasteiger partial charge in [-0.3, -0.25) is 4.98 Å². The van der Waals surface area contributed by atoms with Crippen LogP contribution >= 0.6 is 11.6 Å². The summed E-state index contributed by atoms with van der Waals surface area (Å²) in [6, 6.07) is 8.45. The van der Waals surface area contributed by atoms with E-state index in [1.54, 1.807) is 0 Å². The number of hydrogen-bond donors (Lipinski definition) is 1. The van der Waals surface area contributed by atoms with Crippen LogP contribution in [0.25, 0.3) is 10.9 Å². The van der Waals surface area contributed by atoms with Gasteiger partial charge < -0.3 is 10.1 Å². The second kappa shape index (κ2) is 5.71. The molecule has 2 fully saturated rings. The van der Waals surface area contributed by atoms with Crippen LogP contribution in [0.1, 0.15) is 38.5 Å². The Hall–Kier alpha value is -1.32. The first-order valence-electron chi connectivity index (χ1n) is 8.19. The summed E-state index contributed by atoms with van der Waals surface area (Å²) in [6.45, 7) is 0.868. The number of hydrogen-bond acceptors (Lipinski definition) is 3. The van der Waals surface area contributed by atoms with Gasteiger partial charge in [0.1, 0.15) is 0 Å². The maximum atomic E-state index is 6.13. The molecule has 1 aliphatic heterocycles. The van der Waals surface area contributed by atoms with Gasteiger partial charge in [0.25, 0.3) is 0 Å². The zero-order valence-corrected chi connectivity index (χ0v) is 13.4. The van der Waals surface area contributed by atoms with Crippen LogP contribution in [-0.4, -0.2) is 23.2 Å². The molecule has 0 amide bonds. The van der Waals surface area contributed by atoms with E-state index in [4.69, 9.17) is 16.3 Å². The van der Waals surface area contributed by atoms with Crippen molar-refractivity contribution in [1.82, 2.24) is 4.98 Å². The summed E-state index contributed by atoms with van der Waals surface area (Å²) >= 11 is 6.07. The second-order valence-electron chi connectivity index (χ2n) is 6.59. The van der Waals surface area contributed by atoms with Gasteiger partial charge in [-0.15, -0.1) is 0 Å². The minimum absolute atomic E-state index is 0.141. The molecule has 1 unspecified atom stereocenters. The van der Waals surface area contributed by atoms with Crippen LogP contribution in [0.3, 0.4) is 0 Å². The fourth-order valence-corrected chi connectivity index (χ4v) is 4.15. The molecule has 1 saturated carbocycles. The van der Waals surface area contributed by atoms with Crippen molar-refractivity contribution in [3.05, 3.63) is 35.5 Å². The van der Waals surface area contributed by atoms with Crippen molar-refractivity contribution < 1.29 is 4.74 Å². The third-order valence-corrected chi connectivity index (χ3v) is 5.31. The van der Waals surface area contributed by atoms with Gasteiger partial charge in [-0.2, -0.15) is 0 Å². The predicted molar refractivity (Wildman–Crippen MR) is 90.5 cm³/mol. The average Bonchev–Trinajstić information content (AvgIpc) is 2.95. The van der Waals surface area contributed by atoms with E-state index >= 15 is 0 Å². The smallest absolute Gasteiger partial charge is 0.0737 e. The summed E-state index contributed by atoms with van der Waals surface area (Å²) in [6.07, 6.45) is 9.10. The number of benzene rings is 1. The number of pyridine rings is 1. The van der Waals surface area contributed by atoms with Gasteiger partial charge in [-0.25, -0.2) is 0 Å². The van der Waals surface area contributed by atoms with E-state index in [9.17, 15) is 0 Å². The number of nitrogens with zero attached hydrogens (tertiary/aromatic N) is 1. The van der Waals surface area contributed by atoms with Crippen LogP contribution in [0.15, 0.2) is 30.5 Å². The molecule has 1 saturated heterocycles. The molecule has 1 N–H and O–H groups in total. The normalized spacial score (nSPS) is 24.0. The van der Waals surface area contributed by atoms with Crippen LogP contribution in [0.5, 0.6) is 0 Å². The maximum Gasteiger partial charge on any atom is 0.0737 e. The van der Waals surface area contributed by atoms with Gasteiger partial charge in [0.2, 0.25) is 0 Å². The summed E-state index contributed by atoms with van der Waals surface area (Å²) < 4.78 is 6.13. The molecule has 22 heavy (non-hydrogen) atoms. The van der Waals surface area contributed by atoms with Gasteiger partial charge in [0.15, 0.2) is 0 Å². The lowest BCUT2D eigenvalue weighted by atomic mass is 9.88. The molecule has 116 valence electrons. The Balaban J connectivity index is 1.58. The Bertz CT molecular complexity index is 682. The highest BCUT2D eigenvalue weighted by Crippen LogP contribution is 2.41. The summed E-state index contributed by atoms with van der Waals surface area (Å²) in [5, 5.41) is 5.60. The van der Waals surface area contributed by atoms with Crippen molar-refractivity contribution in [3.63, 3.8) is 0 Å². The Morgan fingerprint density at radius 3 is 2.95 bits per heavy atom. The Morgan fingerprint density at radius 1 is 1.23 bits per heavy atom. The van der Waals surface area contributed by atoms with Crippen LogP contribution in [0, 0.1) is 0 Å². The Morgan fingerprint density at radius 2 is 2.09 bits per heavy atom. The second-order valence-corrected chi connectivity index (χ2v) is 7.03. The Labute approximate surface area is 136 Å².